The van der Waals surface area contributed by atoms with Gasteiger partial charge in [-0.2, -0.15) is 0 Å². The summed E-state index contributed by atoms with van der Waals surface area (Å²) in [5, 5.41) is 4.62. The molecule has 5 nitrogen and oxygen atoms in total. The molecule has 0 aliphatic carbocycles. The number of halogens is 1. The van der Waals surface area contributed by atoms with E-state index in [2.05, 4.69) is 21.2 Å². The Labute approximate surface area is 140 Å². The van der Waals surface area contributed by atoms with Crippen LogP contribution in [0.25, 0.3) is 0 Å². The summed E-state index contributed by atoms with van der Waals surface area (Å²) in [5.74, 6) is -0.283. The van der Waals surface area contributed by atoms with Gasteiger partial charge in [-0.3, -0.25) is 4.79 Å². The number of carbonyl (C=O) groups is 2. The van der Waals surface area contributed by atoms with Crippen LogP contribution < -0.4 is 10.1 Å². The van der Waals surface area contributed by atoms with Gasteiger partial charge >= 0.3 is 5.97 Å². The molecule has 0 bridgehead atoms. The Morgan fingerprint density at radius 1 is 1.32 bits per heavy atom. The highest BCUT2D eigenvalue weighted by molar-refractivity contribution is 9.10. The summed E-state index contributed by atoms with van der Waals surface area (Å²) in [6.07, 6.45) is 0. The first kappa shape index (κ1) is 16.5. The number of carbonyl (C=O) groups excluding carboxylic acids is 2. The second-order valence-electron chi connectivity index (χ2n) is 4.28. The minimum absolute atomic E-state index is 0.312. The number of esters is 1. The zero-order valence-electron chi connectivity index (χ0n) is 11.8. The lowest BCUT2D eigenvalue weighted by Crippen LogP contribution is -2.28. The van der Waals surface area contributed by atoms with Gasteiger partial charge in [-0.15, -0.1) is 11.3 Å². The average molecular weight is 384 g/mol. The Bertz CT molecular complexity index is 658. The van der Waals surface area contributed by atoms with Crippen molar-refractivity contribution in [3.63, 3.8) is 0 Å². The van der Waals surface area contributed by atoms with Crippen LogP contribution in [-0.4, -0.2) is 25.6 Å². The third kappa shape index (κ3) is 4.57. The van der Waals surface area contributed by atoms with Gasteiger partial charge in [-0.1, -0.05) is 6.07 Å². The van der Waals surface area contributed by atoms with Gasteiger partial charge in [-0.05, 0) is 45.6 Å². The zero-order valence-corrected chi connectivity index (χ0v) is 14.2. The van der Waals surface area contributed by atoms with Crippen LogP contribution in [0.2, 0.25) is 0 Å². The molecule has 0 unspecified atom stereocenters. The van der Waals surface area contributed by atoms with E-state index in [1.54, 1.807) is 29.5 Å². The summed E-state index contributed by atoms with van der Waals surface area (Å²) in [6.45, 7) is 0.121. The minimum atomic E-state index is -0.561. The Kier molecular flexibility index (Phi) is 5.97. The predicted octanol–water partition coefficient (Wildman–Crippen LogP) is 2.99. The van der Waals surface area contributed by atoms with Crippen molar-refractivity contribution >= 4 is 39.1 Å². The maximum Gasteiger partial charge on any atom is 0.338 e. The minimum Gasteiger partial charge on any atom is -0.496 e. The lowest BCUT2D eigenvalue weighted by atomic mass is 10.2. The third-order valence-electron chi connectivity index (χ3n) is 2.76. The zero-order chi connectivity index (χ0) is 15.9. The van der Waals surface area contributed by atoms with E-state index in [1.165, 1.54) is 7.11 Å². The third-order valence-corrected chi connectivity index (χ3v) is 4.26. The van der Waals surface area contributed by atoms with Gasteiger partial charge in [0.1, 0.15) is 5.75 Å². The fourth-order valence-corrected chi connectivity index (χ4v) is 2.84. The number of ether oxygens (including phenoxy) is 2. The summed E-state index contributed by atoms with van der Waals surface area (Å²) < 4.78 is 10.7. The predicted molar refractivity (Wildman–Crippen MR) is 87.1 cm³/mol. The topological polar surface area (TPSA) is 64.6 Å². The van der Waals surface area contributed by atoms with Crippen molar-refractivity contribution in [1.82, 2.24) is 5.32 Å². The van der Waals surface area contributed by atoms with E-state index < -0.39 is 5.97 Å². The molecule has 0 saturated heterocycles. The van der Waals surface area contributed by atoms with E-state index in [9.17, 15) is 9.59 Å². The van der Waals surface area contributed by atoms with E-state index in [-0.39, 0.29) is 12.5 Å². The number of benzene rings is 1. The SMILES string of the molecule is COc1ccc(C(=O)OCC(=O)NCc2cccs2)cc1Br. The van der Waals surface area contributed by atoms with Gasteiger partial charge < -0.3 is 14.8 Å². The molecule has 116 valence electrons. The average Bonchev–Trinajstić information content (AvgIpc) is 3.03. The lowest BCUT2D eigenvalue weighted by Gasteiger charge is -2.07. The van der Waals surface area contributed by atoms with E-state index in [4.69, 9.17) is 9.47 Å². The molecule has 22 heavy (non-hydrogen) atoms. The molecule has 0 spiro atoms. The first-order chi connectivity index (χ1) is 10.6. The molecular weight excluding hydrogens is 370 g/mol. The molecule has 0 radical (unpaired) electrons. The standard InChI is InChI=1S/C15H14BrNO4S/c1-20-13-5-4-10(7-12(13)16)15(19)21-9-14(18)17-8-11-3-2-6-22-11/h2-7H,8-9H2,1H3,(H,17,18). The number of amides is 1. The number of methoxy groups -OCH3 is 1. The van der Waals surface area contributed by atoms with Crippen molar-refractivity contribution in [3.8, 4) is 5.75 Å². The van der Waals surface area contributed by atoms with Crippen LogP contribution in [0.5, 0.6) is 5.75 Å². The van der Waals surface area contributed by atoms with Crippen molar-refractivity contribution in [2.45, 2.75) is 6.54 Å². The number of hydrogen-bond donors (Lipinski definition) is 1. The molecule has 7 heteroatoms. The first-order valence-corrected chi connectivity index (χ1v) is 8.07. The molecule has 0 fully saturated rings. The van der Waals surface area contributed by atoms with Crippen molar-refractivity contribution in [2.75, 3.05) is 13.7 Å². The van der Waals surface area contributed by atoms with Crippen molar-refractivity contribution in [1.29, 1.82) is 0 Å². The molecule has 1 amide bonds. The molecule has 0 aliphatic heterocycles. The molecule has 1 aromatic heterocycles. The van der Waals surface area contributed by atoms with Crippen molar-refractivity contribution in [3.05, 3.63) is 50.6 Å². The van der Waals surface area contributed by atoms with Crippen LogP contribution in [0.4, 0.5) is 0 Å². The summed E-state index contributed by atoms with van der Waals surface area (Å²) in [5.41, 5.74) is 0.346. The van der Waals surface area contributed by atoms with Gasteiger partial charge in [0.2, 0.25) is 0 Å². The smallest absolute Gasteiger partial charge is 0.338 e. The molecule has 0 atom stereocenters. The van der Waals surface area contributed by atoms with Gasteiger partial charge in [-0.25, -0.2) is 4.79 Å². The summed E-state index contributed by atoms with van der Waals surface area (Å²) in [7, 11) is 1.54. The normalized spacial score (nSPS) is 10.1. The maximum atomic E-state index is 11.9. The molecule has 2 rings (SSSR count). The van der Waals surface area contributed by atoms with Gasteiger partial charge in [0.05, 0.1) is 23.7 Å². The van der Waals surface area contributed by atoms with Gasteiger partial charge in [0.25, 0.3) is 5.91 Å². The summed E-state index contributed by atoms with van der Waals surface area (Å²) in [4.78, 5) is 24.5. The molecule has 1 N–H and O–H groups in total. The quantitative estimate of drug-likeness (QED) is 0.778. The first-order valence-electron chi connectivity index (χ1n) is 6.40. The highest BCUT2D eigenvalue weighted by atomic mass is 79.9. The number of rotatable bonds is 6. The monoisotopic (exact) mass is 383 g/mol. The summed E-state index contributed by atoms with van der Waals surface area (Å²) >= 11 is 4.84. The van der Waals surface area contributed by atoms with Crippen LogP contribution in [-0.2, 0) is 16.1 Å². The number of nitrogens with one attached hydrogen (secondary N) is 1. The largest absolute Gasteiger partial charge is 0.496 e. The van der Waals surface area contributed by atoms with Crippen LogP contribution >= 0.6 is 27.3 Å². The van der Waals surface area contributed by atoms with Crippen LogP contribution in [0.3, 0.4) is 0 Å². The Balaban J connectivity index is 1.81. The second-order valence-corrected chi connectivity index (χ2v) is 6.17. The highest BCUT2D eigenvalue weighted by Crippen LogP contribution is 2.25. The Morgan fingerprint density at radius 3 is 2.77 bits per heavy atom. The van der Waals surface area contributed by atoms with Crippen molar-refractivity contribution in [2.24, 2.45) is 0 Å². The lowest BCUT2D eigenvalue weighted by molar-refractivity contribution is -0.124. The van der Waals surface area contributed by atoms with E-state index >= 15 is 0 Å². The van der Waals surface area contributed by atoms with Crippen LogP contribution in [0.1, 0.15) is 15.2 Å². The molecule has 0 saturated carbocycles. The van der Waals surface area contributed by atoms with Crippen LogP contribution in [0, 0.1) is 0 Å². The Morgan fingerprint density at radius 2 is 2.14 bits per heavy atom. The molecule has 0 aliphatic rings. The fourth-order valence-electron chi connectivity index (χ4n) is 1.66. The van der Waals surface area contributed by atoms with E-state index in [1.807, 2.05) is 17.5 Å². The molecular formula is C15H14BrNO4S. The molecule has 2 aromatic rings. The van der Waals surface area contributed by atoms with Gasteiger partial charge in [0, 0.05) is 4.88 Å². The maximum absolute atomic E-state index is 11.9. The summed E-state index contributed by atoms with van der Waals surface area (Å²) in [6, 6.07) is 8.65. The Hall–Kier alpha value is -1.86. The highest BCUT2D eigenvalue weighted by Gasteiger charge is 2.12. The van der Waals surface area contributed by atoms with Crippen molar-refractivity contribution < 1.29 is 19.1 Å². The molecule has 1 heterocycles. The van der Waals surface area contributed by atoms with E-state index in [0.717, 1.165) is 4.88 Å². The fraction of sp³-hybridized carbons (Fsp3) is 0.200. The van der Waals surface area contributed by atoms with E-state index in [0.29, 0.717) is 22.3 Å². The molecule has 1 aromatic carbocycles. The van der Waals surface area contributed by atoms with Gasteiger partial charge in [0.15, 0.2) is 6.61 Å². The number of thiophene rings is 1. The van der Waals surface area contributed by atoms with Crippen LogP contribution in [0.15, 0.2) is 40.2 Å². The number of hydrogen-bond acceptors (Lipinski definition) is 5. The second kappa shape index (κ2) is 7.95.